The first-order valence-corrected chi connectivity index (χ1v) is 11.2. The van der Waals surface area contributed by atoms with Crippen molar-refractivity contribution in [2.24, 2.45) is 0 Å². The number of aliphatic carboxylic acids is 1. The Balaban J connectivity index is 0.000000431. The molecule has 1 saturated carbocycles. The maximum Gasteiger partial charge on any atom is 0.303 e. The van der Waals surface area contributed by atoms with E-state index in [9.17, 15) is 18.0 Å². The number of nitrogens with one attached hydrogen (secondary N) is 3. The molecule has 1 aliphatic carbocycles. The molecule has 2 aromatic heterocycles. The van der Waals surface area contributed by atoms with Gasteiger partial charge in [0, 0.05) is 34.9 Å². The van der Waals surface area contributed by atoms with Gasteiger partial charge in [-0.05, 0) is 37.1 Å². The first kappa shape index (κ1) is 21.1. The quantitative estimate of drug-likeness (QED) is 0.516. The molecule has 1 aromatic carbocycles. The molecule has 0 spiro atoms. The number of carbonyl (C=O) groups is 1. The van der Waals surface area contributed by atoms with E-state index in [2.05, 4.69) is 14.7 Å². The molecule has 1 fully saturated rings. The van der Waals surface area contributed by atoms with E-state index in [4.69, 9.17) is 5.11 Å². The fraction of sp³-hybridized carbons (Fsp3) is 0.400. The van der Waals surface area contributed by atoms with Crippen LogP contribution in [0.15, 0.2) is 40.2 Å². The number of benzene rings is 1. The van der Waals surface area contributed by atoms with E-state index in [0.717, 1.165) is 36.5 Å². The zero-order valence-corrected chi connectivity index (χ0v) is 17.0. The van der Waals surface area contributed by atoms with Crippen LogP contribution >= 0.6 is 0 Å². The van der Waals surface area contributed by atoms with Crippen LogP contribution in [-0.2, 0) is 14.8 Å². The molecule has 0 amide bonds. The summed E-state index contributed by atoms with van der Waals surface area (Å²) in [6.07, 6.45) is 6.99. The van der Waals surface area contributed by atoms with Crippen molar-refractivity contribution in [3.05, 3.63) is 40.8 Å². The summed E-state index contributed by atoms with van der Waals surface area (Å²) in [5.41, 5.74) is 0.874. The Morgan fingerprint density at radius 2 is 1.86 bits per heavy atom. The second kappa shape index (κ2) is 8.79. The molecular weight excluding hydrogens is 394 g/mol. The molecule has 0 unspecified atom stereocenters. The molecule has 9 heteroatoms. The minimum atomic E-state index is -3.57. The monoisotopic (exact) mass is 419 g/mol. The molecule has 4 N–H and O–H groups in total. The molecule has 2 heterocycles. The summed E-state index contributed by atoms with van der Waals surface area (Å²) in [6.45, 7) is 1.60. The highest BCUT2D eigenvalue weighted by Gasteiger charge is 2.22. The van der Waals surface area contributed by atoms with Crippen molar-refractivity contribution < 1.29 is 18.3 Å². The van der Waals surface area contributed by atoms with Crippen molar-refractivity contribution in [3.8, 4) is 0 Å². The molecule has 0 saturated heterocycles. The van der Waals surface area contributed by atoms with Gasteiger partial charge in [-0.25, -0.2) is 13.1 Å². The molecule has 0 aliphatic heterocycles. The van der Waals surface area contributed by atoms with E-state index in [0.29, 0.717) is 11.0 Å². The zero-order valence-electron chi connectivity index (χ0n) is 16.2. The van der Waals surface area contributed by atoms with Crippen molar-refractivity contribution in [1.29, 1.82) is 0 Å². The maximum atomic E-state index is 12.7. The molecule has 4 rings (SSSR count). The zero-order chi connectivity index (χ0) is 21.0. The molecule has 8 nitrogen and oxygen atoms in total. The second-order valence-electron chi connectivity index (χ2n) is 7.13. The number of sulfonamides is 1. The van der Waals surface area contributed by atoms with Gasteiger partial charge in [-0.3, -0.25) is 9.59 Å². The van der Waals surface area contributed by atoms with Crippen molar-refractivity contribution in [2.45, 2.75) is 56.4 Å². The summed E-state index contributed by atoms with van der Waals surface area (Å²) in [4.78, 5) is 27.3. The normalized spacial score (nSPS) is 15.2. The number of aromatic nitrogens is 2. The van der Waals surface area contributed by atoms with Gasteiger partial charge in [0.15, 0.2) is 0 Å². The predicted molar refractivity (Wildman–Crippen MR) is 112 cm³/mol. The Bertz CT molecular complexity index is 1170. The summed E-state index contributed by atoms with van der Waals surface area (Å²) in [5, 5.41) is 9.17. The highest BCUT2D eigenvalue weighted by Crippen LogP contribution is 2.25. The van der Waals surface area contributed by atoms with E-state index < -0.39 is 16.0 Å². The molecule has 0 bridgehead atoms. The van der Waals surface area contributed by atoms with E-state index >= 15 is 0 Å². The van der Waals surface area contributed by atoms with Crippen LogP contribution in [0.2, 0.25) is 0 Å². The second-order valence-corrected chi connectivity index (χ2v) is 8.85. The van der Waals surface area contributed by atoms with Crippen LogP contribution in [0.4, 0.5) is 0 Å². The fourth-order valence-corrected chi connectivity index (χ4v) is 4.83. The number of hydrogen-bond donors (Lipinski definition) is 4. The lowest BCUT2D eigenvalue weighted by Gasteiger charge is -2.22. The highest BCUT2D eigenvalue weighted by atomic mass is 32.2. The van der Waals surface area contributed by atoms with Gasteiger partial charge in [-0.15, -0.1) is 0 Å². The van der Waals surface area contributed by atoms with Gasteiger partial charge < -0.3 is 15.1 Å². The van der Waals surface area contributed by atoms with Crippen LogP contribution in [-0.4, -0.2) is 35.5 Å². The van der Waals surface area contributed by atoms with Gasteiger partial charge in [0.1, 0.15) is 5.52 Å². The lowest BCUT2D eigenvalue weighted by atomic mass is 9.96. The molecule has 1 aliphatic rings. The third kappa shape index (κ3) is 4.86. The predicted octanol–water partition coefficient (Wildman–Crippen LogP) is 3.10. The Kier molecular flexibility index (Phi) is 6.39. The van der Waals surface area contributed by atoms with Crippen LogP contribution in [0.5, 0.6) is 0 Å². The first-order valence-electron chi connectivity index (χ1n) is 9.69. The fourth-order valence-electron chi connectivity index (χ4n) is 3.50. The van der Waals surface area contributed by atoms with Crippen molar-refractivity contribution >= 4 is 37.8 Å². The molecule has 29 heavy (non-hydrogen) atoms. The van der Waals surface area contributed by atoms with Gasteiger partial charge in [0.2, 0.25) is 10.0 Å². The molecule has 0 atom stereocenters. The average Bonchev–Trinajstić information content (AvgIpc) is 3.19. The third-order valence-corrected chi connectivity index (χ3v) is 6.56. The van der Waals surface area contributed by atoms with Crippen LogP contribution in [0.1, 0.15) is 45.4 Å². The van der Waals surface area contributed by atoms with E-state index in [1.54, 1.807) is 37.4 Å². The Labute approximate surface area is 168 Å². The summed E-state index contributed by atoms with van der Waals surface area (Å²) in [5.74, 6) is -0.745. The standard InChI is InChI=1S/C17H19N3O3S.C3H6O2/c21-17-16-13(8-9-18-16)14-10-12(6-7-15(14)19-17)24(22,23)20-11-4-2-1-3-5-11;1-2-3(4)5/h6-11,18,20H,1-5H2,(H,19,21);2H2,1H3,(H,4,5). The smallest absolute Gasteiger partial charge is 0.303 e. The number of aromatic amines is 2. The lowest BCUT2D eigenvalue weighted by Crippen LogP contribution is -2.36. The summed E-state index contributed by atoms with van der Waals surface area (Å²) >= 11 is 0. The number of H-pyrrole nitrogens is 2. The van der Waals surface area contributed by atoms with Crippen molar-refractivity contribution in [2.75, 3.05) is 0 Å². The average molecular weight is 420 g/mol. The maximum absolute atomic E-state index is 12.7. The molecule has 3 aromatic rings. The topological polar surface area (TPSA) is 132 Å². The van der Waals surface area contributed by atoms with Gasteiger partial charge in [0.05, 0.1) is 4.90 Å². The van der Waals surface area contributed by atoms with E-state index in [1.807, 2.05) is 0 Å². The number of carboxylic acid groups (broad SMARTS) is 1. The number of carboxylic acids is 1. The molecular formula is C20H25N3O5S. The van der Waals surface area contributed by atoms with E-state index in [1.165, 1.54) is 6.42 Å². The number of pyridine rings is 1. The number of hydrogen-bond acceptors (Lipinski definition) is 4. The minimum Gasteiger partial charge on any atom is -0.481 e. The summed E-state index contributed by atoms with van der Waals surface area (Å²) < 4.78 is 28.2. The van der Waals surface area contributed by atoms with Gasteiger partial charge >= 0.3 is 5.97 Å². The van der Waals surface area contributed by atoms with E-state index in [-0.39, 0.29) is 22.9 Å². The molecule has 156 valence electrons. The molecule has 0 radical (unpaired) electrons. The summed E-state index contributed by atoms with van der Waals surface area (Å²) in [7, 11) is -3.57. The minimum absolute atomic E-state index is 0.0160. The third-order valence-electron chi connectivity index (χ3n) is 5.04. The van der Waals surface area contributed by atoms with Crippen LogP contribution in [0, 0.1) is 0 Å². The number of fused-ring (bicyclic) bond motifs is 3. The highest BCUT2D eigenvalue weighted by molar-refractivity contribution is 7.89. The Hall–Kier alpha value is -2.65. The van der Waals surface area contributed by atoms with Crippen LogP contribution < -0.4 is 10.3 Å². The summed E-state index contributed by atoms with van der Waals surface area (Å²) in [6, 6.07) is 6.63. The van der Waals surface area contributed by atoms with Gasteiger partial charge in [-0.2, -0.15) is 0 Å². The van der Waals surface area contributed by atoms with Crippen molar-refractivity contribution in [1.82, 2.24) is 14.7 Å². The van der Waals surface area contributed by atoms with Crippen LogP contribution in [0.25, 0.3) is 21.8 Å². The Morgan fingerprint density at radius 1 is 1.17 bits per heavy atom. The van der Waals surface area contributed by atoms with Gasteiger partial charge in [-0.1, -0.05) is 26.2 Å². The SMILES string of the molecule is CCC(=O)O.O=c1[nH]c2ccc(S(=O)(=O)NC3CCCCC3)cc2c2cc[nH]c12. The lowest BCUT2D eigenvalue weighted by molar-refractivity contribution is -0.136. The van der Waals surface area contributed by atoms with Gasteiger partial charge in [0.25, 0.3) is 5.56 Å². The number of rotatable bonds is 4. The van der Waals surface area contributed by atoms with Crippen molar-refractivity contribution in [3.63, 3.8) is 0 Å². The van der Waals surface area contributed by atoms with Crippen LogP contribution in [0.3, 0.4) is 0 Å². The Morgan fingerprint density at radius 3 is 2.52 bits per heavy atom. The largest absolute Gasteiger partial charge is 0.481 e. The first-order chi connectivity index (χ1) is 13.8.